The van der Waals surface area contributed by atoms with Crippen molar-refractivity contribution in [1.82, 2.24) is 0 Å². The minimum absolute atomic E-state index is 0.0262. The molecule has 0 atom stereocenters. The Labute approximate surface area is 190 Å². The summed E-state index contributed by atoms with van der Waals surface area (Å²) in [6.45, 7) is 1.18. The second-order valence-corrected chi connectivity index (χ2v) is 7.18. The zero-order valence-electron chi connectivity index (χ0n) is 17.9. The minimum atomic E-state index is -0.446. The molecule has 8 heteroatoms. The number of allylic oxidation sites excluding steroid dienone is 1. The molecule has 4 rings (SSSR count). The predicted octanol–water partition coefficient (Wildman–Crippen LogP) is 4.85. The van der Waals surface area contributed by atoms with E-state index in [9.17, 15) is 14.9 Å². The van der Waals surface area contributed by atoms with Crippen LogP contribution in [0.3, 0.4) is 0 Å². The maximum atomic E-state index is 12.6. The monoisotopic (exact) mass is 447 g/mol. The van der Waals surface area contributed by atoms with E-state index in [0.717, 1.165) is 11.1 Å². The van der Waals surface area contributed by atoms with Crippen molar-refractivity contribution in [2.24, 2.45) is 0 Å². The van der Waals surface area contributed by atoms with Crippen LogP contribution in [-0.4, -0.2) is 31.0 Å². The lowest BCUT2D eigenvalue weighted by atomic mass is 10.1. The highest BCUT2D eigenvalue weighted by Crippen LogP contribution is 2.32. The number of nitrogens with zero attached hydrogens (tertiary/aromatic N) is 1. The summed E-state index contributed by atoms with van der Waals surface area (Å²) in [6.07, 6.45) is 3.18. The highest BCUT2D eigenvalue weighted by atomic mass is 16.6. The quantitative estimate of drug-likeness (QED) is 0.211. The topological polar surface area (TPSA) is 97.1 Å². The van der Waals surface area contributed by atoms with Gasteiger partial charge in [0.15, 0.2) is 28.8 Å². The van der Waals surface area contributed by atoms with Gasteiger partial charge in [-0.1, -0.05) is 12.1 Å². The molecule has 0 aliphatic carbocycles. The van der Waals surface area contributed by atoms with Gasteiger partial charge in [0.2, 0.25) is 0 Å². The van der Waals surface area contributed by atoms with E-state index < -0.39 is 4.92 Å². The third-order valence-electron chi connectivity index (χ3n) is 4.98. The van der Waals surface area contributed by atoms with Gasteiger partial charge < -0.3 is 18.9 Å². The van der Waals surface area contributed by atoms with E-state index in [0.29, 0.717) is 41.8 Å². The molecule has 3 aromatic carbocycles. The summed E-state index contributed by atoms with van der Waals surface area (Å²) in [5, 5.41) is 10.8. The molecule has 8 nitrogen and oxygen atoms in total. The number of rotatable bonds is 8. The molecule has 0 aromatic heterocycles. The molecular weight excluding hydrogens is 426 g/mol. The fourth-order valence-electron chi connectivity index (χ4n) is 3.25. The summed E-state index contributed by atoms with van der Waals surface area (Å²) in [5.41, 5.74) is 2.08. The number of methoxy groups -OCH3 is 1. The van der Waals surface area contributed by atoms with Crippen LogP contribution < -0.4 is 18.9 Å². The first-order valence-corrected chi connectivity index (χ1v) is 10.2. The number of ketones is 1. The predicted molar refractivity (Wildman–Crippen MR) is 121 cm³/mol. The van der Waals surface area contributed by atoms with Gasteiger partial charge in [-0.15, -0.1) is 0 Å². The molecule has 3 aromatic rings. The number of hydrogen-bond donors (Lipinski definition) is 0. The van der Waals surface area contributed by atoms with E-state index in [1.807, 2.05) is 0 Å². The Morgan fingerprint density at radius 2 is 1.76 bits per heavy atom. The lowest BCUT2D eigenvalue weighted by Crippen LogP contribution is -2.15. The zero-order valence-corrected chi connectivity index (χ0v) is 17.9. The molecule has 0 unspecified atom stereocenters. The van der Waals surface area contributed by atoms with Crippen LogP contribution in [0.2, 0.25) is 0 Å². The molecule has 0 bridgehead atoms. The van der Waals surface area contributed by atoms with E-state index in [-0.39, 0.29) is 18.1 Å². The van der Waals surface area contributed by atoms with Crippen molar-refractivity contribution >= 4 is 17.5 Å². The SMILES string of the molecule is COc1cc(/C=C/C(=O)c2ccc3c(c2)OCCO3)ccc1OCc1ccc([N+](=O)[O-])cc1. The van der Waals surface area contributed by atoms with Crippen LogP contribution in [-0.2, 0) is 6.61 Å². The largest absolute Gasteiger partial charge is 0.493 e. The van der Waals surface area contributed by atoms with Crippen LogP contribution in [0, 0.1) is 10.1 Å². The van der Waals surface area contributed by atoms with Crippen molar-refractivity contribution in [3.63, 3.8) is 0 Å². The number of carbonyl (C=O) groups is 1. The van der Waals surface area contributed by atoms with Crippen LogP contribution in [0.15, 0.2) is 66.7 Å². The molecule has 0 spiro atoms. The highest BCUT2D eigenvalue weighted by Gasteiger charge is 2.14. The molecule has 168 valence electrons. The first-order valence-electron chi connectivity index (χ1n) is 10.2. The number of ether oxygens (including phenoxy) is 4. The molecule has 0 N–H and O–H groups in total. The minimum Gasteiger partial charge on any atom is -0.493 e. The van der Waals surface area contributed by atoms with Crippen molar-refractivity contribution < 1.29 is 28.7 Å². The van der Waals surface area contributed by atoms with Gasteiger partial charge in [-0.3, -0.25) is 14.9 Å². The molecule has 0 saturated heterocycles. The number of fused-ring (bicyclic) bond motifs is 1. The zero-order chi connectivity index (χ0) is 23.2. The fraction of sp³-hybridized carbons (Fsp3) is 0.160. The van der Waals surface area contributed by atoms with Crippen LogP contribution in [0.5, 0.6) is 23.0 Å². The Bertz CT molecular complexity index is 1200. The van der Waals surface area contributed by atoms with Crippen molar-refractivity contribution in [3.8, 4) is 23.0 Å². The van der Waals surface area contributed by atoms with Gasteiger partial charge in [0.05, 0.1) is 12.0 Å². The van der Waals surface area contributed by atoms with Crippen molar-refractivity contribution in [3.05, 3.63) is 93.5 Å². The van der Waals surface area contributed by atoms with Gasteiger partial charge in [-0.2, -0.15) is 0 Å². The number of carbonyl (C=O) groups excluding carboxylic acids is 1. The molecule has 1 heterocycles. The van der Waals surface area contributed by atoms with E-state index in [1.165, 1.54) is 25.3 Å². The van der Waals surface area contributed by atoms with Crippen LogP contribution in [0.1, 0.15) is 21.5 Å². The number of hydrogen-bond acceptors (Lipinski definition) is 7. The molecule has 0 radical (unpaired) electrons. The maximum Gasteiger partial charge on any atom is 0.269 e. The fourth-order valence-corrected chi connectivity index (χ4v) is 3.25. The molecule has 1 aliphatic heterocycles. The second-order valence-electron chi connectivity index (χ2n) is 7.18. The van der Waals surface area contributed by atoms with Gasteiger partial charge in [-0.05, 0) is 59.7 Å². The van der Waals surface area contributed by atoms with Gasteiger partial charge in [0.25, 0.3) is 5.69 Å². The van der Waals surface area contributed by atoms with Crippen molar-refractivity contribution in [2.75, 3.05) is 20.3 Å². The van der Waals surface area contributed by atoms with Gasteiger partial charge in [-0.25, -0.2) is 0 Å². The van der Waals surface area contributed by atoms with Crippen LogP contribution in [0.4, 0.5) is 5.69 Å². The van der Waals surface area contributed by atoms with Gasteiger partial charge >= 0.3 is 0 Å². The highest BCUT2D eigenvalue weighted by molar-refractivity contribution is 6.07. The summed E-state index contributed by atoms with van der Waals surface area (Å²) in [6, 6.07) is 16.6. The normalized spacial score (nSPS) is 12.4. The Morgan fingerprint density at radius 1 is 1.00 bits per heavy atom. The molecular formula is C25H21NO7. The standard InChI is InChI=1S/C25H21NO7/c1-30-24-14-17(4-9-21(27)19-6-11-23-25(15-19)32-13-12-31-23)5-10-22(24)33-16-18-2-7-20(8-3-18)26(28)29/h2-11,14-15H,12-13,16H2,1H3/b9-4+. The molecule has 1 aliphatic rings. The third-order valence-corrected chi connectivity index (χ3v) is 4.98. The third kappa shape index (κ3) is 5.30. The average Bonchev–Trinajstić information content (AvgIpc) is 2.86. The Hall–Kier alpha value is -4.33. The number of nitro benzene ring substituents is 1. The summed E-state index contributed by atoms with van der Waals surface area (Å²) in [7, 11) is 1.53. The molecule has 0 saturated carbocycles. The smallest absolute Gasteiger partial charge is 0.269 e. The first-order chi connectivity index (χ1) is 16.0. The lowest BCUT2D eigenvalue weighted by Gasteiger charge is -2.18. The number of benzene rings is 3. The van der Waals surface area contributed by atoms with Gasteiger partial charge in [0.1, 0.15) is 19.8 Å². The van der Waals surface area contributed by atoms with Gasteiger partial charge in [0, 0.05) is 17.7 Å². The maximum absolute atomic E-state index is 12.6. The summed E-state index contributed by atoms with van der Waals surface area (Å²) in [4.78, 5) is 22.9. The van der Waals surface area contributed by atoms with Crippen molar-refractivity contribution in [2.45, 2.75) is 6.61 Å². The van der Waals surface area contributed by atoms with E-state index in [1.54, 1.807) is 54.6 Å². The molecule has 0 amide bonds. The summed E-state index contributed by atoms with van der Waals surface area (Å²) in [5.74, 6) is 2.06. The van der Waals surface area contributed by atoms with Crippen LogP contribution in [0.25, 0.3) is 6.08 Å². The van der Waals surface area contributed by atoms with Crippen LogP contribution >= 0.6 is 0 Å². The Morgan fingerprint density at radius 3 is 2.48 bits per heavy atom. The Kier molecular flexibility index (Phi) is 6.54. The van der Waals surface area contributed by atoms with Crippen molar-refractivity contribution in [1.29, 1.82) is 0 Å². The average molecular weight is 447 g/mol. The van der Waals surface area contributed by atoms with E-state index in [4.69, 9.17) is 18.9 Å². The second kappa shape index (κ2) is 9.86. The summed E-state index contributed by atoms with van der Waals surface area (Å²) >= 11 is 0. The van der Waals surface area contributed by atoms with E-state index >= 15 is 0 Å². The number of nitro groups is 1. The lowest BCUT2D eigenvalue weighted by molar-refractivity contribution is -0.384. The molecule has 33 heavy (non-hydrogen) atoms. The first kappa shape index (κ1) is 21.9. The van der Waals surface area contributed by atoms with E-state index in [2.05, 4.69) is 0 Å². The number of non-ortho nitro benzene ring substituents is 1. The summed E-state index contributed by atoms with van der Waals surface area (Å²) < 4.78 is 22.2. The molecule has 0 fully saturated rings. The Balaban J connectivity index is 1.42.